The van der Waals surface area contributed by atoms with E-state index in [-0.39, 0.29) is 16.9 Å². The van der Waals surface area contributed by atoms with Gasteiger partial charge in [0.25, 0.3) is 0 Å². The van der Waals surface area contributed by atoms with Gasteiger partial charge in [0.05, 0.1) is 0 Å². The van der Waals surface area contributed by atoms with Crippen molar-refractivity contribution in [2.75, 3.05) is 14.2 Å². The molecule has 0 saturated heterocycles. The third kappa shape index (κ3) is 3.44. The molecule has 0 unspecified atom stereocenters. The third-order valence-corrected chi connectivity index (χ3v) is 6.25. The van der Waals surface area contributed by atoms with Gasteiger partial charge in [0.15, 0.2) is 5.44 Å². The van der Waals surface area contributed by atoms with Crippen LogP contribution in [0.3, 0.4) is 0 Å². The Morgan fingerprint density at radius 1 is 1.04 bits per heavy atom. The lowest BCUT2D eigenvalue weighted by atomic mass is 10.0. The van der Waals surface area contributed by atoms with Crippen LogP contribution in [0.2, 0.25) is 0 Å². The Kier molecular flexibility index (Phi) is 5.53. The van der Waals surface area contributed by atoms with Crippen LogP contribution in [0.4, 0.5) is 0 Å². The largest absolute Gasteiger partial charge is 0.379 e. The molecule has 0 atom stereocenters. The van der Waals surface area contributed by atoms with Gasteiger partial charge in [0.1, 0.15) is 5.69 Å². The molecule has 0 amide bonds. The maximum atomic E-state index is 13.0. The minimum Gasteiger partial charge on any atom is -0.308 e. The summed E-state index contributed by atoms with van der Waals surface area (Å²) in [7, 11) is -1.07. The van der Waals surface area contributed by atoms with Gasteiger partial charge in [-0.1, -0.05) is 58.4 Å². The van der Waals surface area contributed by atoms with Gasteiger partial charge in [0, 0.05) is 29.8 Å². The van der Waals surface area contributed by atoms with Crippen LogP contribution >= 0.6 is 23.5 Å². The molecule has 0 aliphatic rings. The van der Waals surface area contributed by atoms with Crippen LogP contribution < -0.4 is 5.44 Å². The fraction of sp³-hybridized carbons (Fsp3) is 0.111. The molecule has 0 radical (unpaired) electrons. The molecular weight excluding hydrogens is 419 g/mol. The van der Waals surface area contributed by atoms with Crippen molar-refractivity contribution < 1.29 is 18.4 Å². The highest BCUT2D eigenvalue weighted by Gasteiger charge is 2.34. The topological polar surface area (TPSA) is 81.3 Å². The van der Waals surface area contributed by atoms with E-state index < -0.39 is 7.60 Å². The number of hydrogen-bond acceptors (Lipinski definition) is 5. The summed E-state index contributed by atoms with van der Waals surface area (Å²) in [5, 5.41) is 6.82. The Bertz CT molecular complexity index is 963. The molecule has 1 aromatic heterocycles. The smallest absolute Gasteiger partial charge is 0.308 e. The van der Waals surface area contributed by atoms with Gasteiger partial charge in [-0.15, -0.1) is 0 Å². The number of aromatic nitrogens is 2. The van der Waals surface area contributed by atoms with Crippen LogP contribution in [0.15, 0.2) is 59.1 Å². The van der Waals surface area contributed by atoms with Crippen molar-refractivity contribution in [3.63, 3.8) is 0 Å². The minimum absolute atomic E-state index is 0.143. The summed E-state index contributed by atoms with van der Waals surface area (Å²) in [6.07, 6.45) is 0. The SMILES string of the molecule is COP(=O)(OC)c1[nH]nc(C(=O)c2ccccc2)c1-c1ccc(Br)cc1. The van der Waals surface area contributed by atoms with Gasteiger partial charge in [-0.2, -0.15) is 5.10 Å². The van der Waals surface area contributed by atoms with E-state index in [9.17, 15) is 9.36 Å². The zero-order chi connectivity index (χ0) is 18.7. The summed E-state index contributed by atoms with van der Waals surface area (Å²) in [4.78, 5) is 13.0. The molecule has 134 valence electrons. The number of nitrogens with zero attached hydrogens (tertiary/aromatic N) is 1. The first-order valence-corrected chi connectivity index (χ1v) is 10.00. The average molecular weight is 435 g/mol. The van der Waals surface area contributed by atoms with Crippen molar-refractivity contribution in [3.05, 3.63) is 70.3 Å². The Labute approximate surface area is 159 Å². The van der Waals surface area contributed by atoms with Gasteiger partial charge in [-0.25, -0.2) is 0 Å². The van der Waals surface area contributed by atoms with Crippen molar-refractivity contribution in [3.8, 4) is 11.1 Å². The predicted molar refractivity (Wildman–Crippen MR) is 103 cm³/mol. The molecule has 8 heteroatoms. The number of rotatable bonds is 6. The molecule has 0 aliphatic heterocycles. The third-order valence-electron chi connectivity index (χ3n) is 3.89. The van der Waals surface area contributed by atoms with E-state index in [1.807, 2.05) is 18.2 Å². The monoisotopic (exact) mass is 434 g/mol. The molecule has 0 aliphatic carbocycles. The lowest BCUT2D eigenvalue weighted by molar-refractivity contribution is 0.103. The first-order chi connectivity index (χ1) is 12.5. The van der Waals surface area contributed by atoms with Crippen molar-refractivity contribution in [1.29, 1.82) is 0 Å². The normalized spacial score (nSPS) is 11.5. The van der Waals surface area contributed by atoms with E-state index in [0.717, 1.165) is 4.47 Å². The van der Waals surface area contributed by atoms with E-state index in [0.29, 0.717) is 16.7 Å². The summed E-state index contributed by atoms with van der Waals surface area (Å²) >= 11 is 3.38. The maximum absolute atomic E-state index is 13.0. The number of halogens is 1. The number of H-pyrrole nitrogens is 1. The van der Waals surface area contributed by atoms with E-state index in [2.05, 4.69) is 26.1 Å². The van der Waals surface area contributed by atoms with Crippen molar-refractivity contribution in [2.45, 2.75) is 0 Å². The predicted octanol–water partition coefficient (Wildman–Crippen LogP) is 4.18. The minimum atomic E-state index is -3.64. The first kappa shape index (κ1) is 18.7. The lowest BCUT2D eigenvalue weighted by Crippen LogP contribution is -2.13. The highest BCUT2D eigenvalue weighted by Crippen LogP contribution is 2.47. The zero-order valence-electron chi connectivity index (χ0n) is 14.1. The van der Waals surface area contributed by atoms with Crippen molar-refractivity contribution in [2.24, 2.45) is 0 Å². The lowest BCUT2D eigenvalue weighted by Gasteiger charge is -2.14. The number of nitrogens with one attached hydrogen (secondary N) is 1. The Morgan fingerprint density at radius 3 is 2.23 bits per heavy atom. The Balaban J connectivity index is 2.23. The standard InChI is InChI=1S/C18H16BrN2O4P/c1-24-26(23,25-2)18-15(12-8-10-14(19)11-9-12)16(20-21-18)17(22)13-6-4-3-5-7-13/h3-11H,1-2H3,(H,20,21). The maximum Gasteiger partial charge on any atom is 0.379 e. The van der Waals surface area contributed by atoms with Gasteiger partial charge in [0.2, 0.25) is 5.78 Å². The molecule has 3 rings (SSSR count). The second kappa shape index (κ2) is 7.68. The van der Waals surface area contributed by atoms with Gasteiger partial charge < -0.3 is 9.05 Å². The molecule has 2 aromatic carbocycles. The van der Waals surface area contributed by atoms with Crippen LogP contribution in [0.1, 0.15) is 16.1 Å². The van der Waals surface area contributed by atoms with Crippen LogP contribution in [0, 0.1) is 0 Å². The van der Waals surface area contributed by atoms with Gasteiger partial charge >= 0.3 is 7.60 Å². The summed E-state index contributed by atoms with van der Waals surface area (Å²) in [6, 6.07) is 16.0. The van der Waals surface area contributed by atoms with Crippen LogP contribution in [0.25, 0.3) is 11.1 Å². The number of benzene rings is 2. The number of carbonyl (C=O) groups is 1. The average Bonchev–Trinajstić information content (AvgIpc) is 3.13. The van der Waals surface area contributed by atoms with E-state index in [1.165, 1.54) is 14.2 Å². The summed E-state index contributed by atoms with van der Waals surface area (Å²) in [6.45, 7) is 0. The van der Waals surface area contributed by atoms with E-state index in [1.54, 1.807) is 36.4 Å². The molecule has 6 nitrogen and oxygen atoms in total. The highest BCUT2D eigenvalue weighted by molar-refractivity contribution is 9.10. The van der Waals surface area contributed by atoms with Crippen LogP contribution in [0.5, 0.6) is 0 Å². The fourth-order valence-electron chi connectivity index (χ4n) is 2.57. The molecular formula is C18H16BrN2O4P. The second-order valence-corrected chi connectivity index (χ2v) is 8.45. The quantitative estimate of drug-likeness (QED) is 0.464. The molecule has 0 fully saturated rings. The number of ketones is 1. The number of carbonyl (C=O) groups excluding carboxylic acids is 1. The van der Waals surface area contributed by atoms with Crippen molar-refractivity contribution >= 4 is 34.7 Å². The molecule has 1 N–H and O–H groups in total. The van der Waals surface area contributed by atoms with E-state index >= 15 is 0 Å². The molecule has 0 saturated carbocycles. The number of hydrogen-bond donors (Lipinski definition) is 1. The molecule has 26 heavy (non-hydrogen) atoms. The van der Waals surface area contributed by atoms with Crippen LogP contribution in [-0.4, -0.2) is 30.2 Å². The molecule has 1 heterocycles. The summed E-state index contributed by atoms with van der Waals surface area (Å²) in [5.74, 6) is -0.287. The summed E-state index contributed by atoms with van der Waals surface area (Å²) < 4.78 is 24.0. The summed E-state index contributed by atoms with van der Waals surface area (Å²) in [5.41, 5.74) is 1.85. The Hall–Kier alpha value is -2.05. The first-order valence-electron chi connectivity index (χ1n) is 7.66. The van der Waals surface area contributed by atoms with Crippen LogP contribution in [-0.2, 0) is 13.6 Å². The second-order valence-electron chi connectivity index (χ2n) is 5.36. The molecule has 3 aromatic rings. The molecule has 0 bridgehead atoms. The number of aromatic amines is 1. The van der Waals surface area contributed by atoms with E-state index in [4.69, 9.17) is 9.05 Å². The van der Waals surface area contributed by atoms with Gasteiger partial charge in [-0.05, 0) is 17.7 Å². The Morgan fingerprint density at radius 2 is 1.65 bits per heavy atom. The fourth-order valence-corrected chi connectivity index (χ4v) is 4.03. The van der Waals surface area contributed by atoms with Gasteiger partial charge in [-0.3, -0.25) is 14.5 Å². The van der Waals surface area contributed by atoms with Crippen molar-refractivity contribution in [1.82, 2.24) is 10.2 Å². The zero-order valence-corrected chi connectivity index (χ0v) is 16.6. The molecule has 0 spiro atoms. The highest BCUT2D eigenvalue weighted by atomic mass is 79.9.